The molecule has 0 radical (unpaired) electrons. The van der Waals surface area contributed by atoms with Crippen LogP contribution in [0.25, 0.3) is 0 Å². The summed E-state index contributed by atoms with van der Waals surface area (Å²) in [5, 5.41) is 9.71. The van der Waals surface area contributed by atoms with E-state index in [0.717, 1.165) is 29.4 Å². The number of rotatable bonds is 3. The molecule has 0 bridgehead atoms. The van der Waals surface area contributed by atoms with E-state index in [4.69, 9.17) is 22.4 Å². The zero-order valence-corrected chi connectivity index (χ0v) is 9.95. The van der Waals surface area contributed by atoms with Gasteiger partial charge in [-0.15, -0.1) is 0 Å². The number of halogens is 1. The maximum absolute atomic E-state index is 8.98. The van der Waals surface area contributed by atoms with Gasteiger partial charge in [-0.2, -0.15) is 0 Å². The minimum absolute atomic E-state index is 0.0562. The lowest BCUT2D eigenvalue weighted by molar-refractivity contribution is 0.268. The number of aliphatic hydroxyl groups excluding tert-OH is 1. The Hall–Kier alpha value is -0.770. The van der Waals surface area contributed by atoms with Crippen molar-refractivity contribution in [2.75, 3.05) is 24.6 Å². The fourth-order valence-electron chi connectivity index (χ4n) is 2.07. The summed E-state index contributed by atoms with van der Waals surface area (Å²) in [5.74, 6) is 0. The summed E-state index contributed by atoms with van der Waals surface area (Å²) >= 11 is 6.23. The van der Waals surface area contributed by atoms with E-state index < -0.39 is 0 Å². The molecule has 1 atom stereocenters. The third kappa shape index (κ3) is 2.32. The molecule has 1 aromatic rings. The monoisotopic (exact) mass is 240 g/mol. The molecule has 3 nitrogen and oxygen atoms in total. The number of hydrogen-bond donors (Lipinski definition) is 2. The first-order valence-electron chi connectivity index (χ1n) is 5.63. The summed E-state index contributed by atoms with van der Waals surface area (Å²) in [5.41, 5.74) is 7.71. The van der Waals surface area contributed by atoms with Gasteiger partial charge in [-0.1, -0.05) is 17.7 Å². The summed E-state index contributed by atoms with van der Waals surface area (Å²) in [6.07, 6.45) is 2.46. The fourth-order valence-corrected chi connectivity index (χ4v) is 2.38. The SMILES string of the molecule is N[C@@H](CO)c1ccc(N2CCCC2)c(Cl)c1. The highest BCUT2D eigenvalue weighted by Gasteiger charge is 2.16. The molecule has 88 valence electrons. The number of benzene rings is 1. The van der Waals surface area contributed by atoms with Crippen molar-refractivity contribution in [2.24, 2.45) is 5.73 Å². The van der Waals surface area contributed by atoms with Gasteiger partial charge >= 0.3 is 0 Å². The Morgan fingerprint density at radius 2 is 2.06 bits per heavy atom. The second-order valence-electron chi connectivity index (χ2n) is 4.19. The lowest BCUT2D eigenvalue weighted by Crippen LogP contribution is -2.19. The molecule has 1 fully saturated rings. The zero-order valence-electron chi connectivity index (χ0n) is 9.19. The Labute approximate surface area is 101 Å². The second-order valence-corrected chi connectivity index (χ2v) is 4.60. The lowest BCUT2D eigenvalue weighted by atomic mass is 10.1. The van der Waals surface area contributed by atoms with Crippen molar-refractivity contribution < 1.29 is 5.11 Å². The molecule has 3 N–H and O–H groups in total. The summed E-state index contributed by atoms with van der Waals surface area (Å²) in [7, 11) is 0. The van der Waals surface area contributed by atoms with Gasteiger partial charge in [0.15, 0.2) is 0 Å². The summed E-state index contributed by atoms with van der Waals surface area (Å²) in [6, 6.07) is 5.46. The van der Waals surface area contributed by atoms with Gasteiger partial charge in [0.25, 0.3) is 0 Å². The van der Waals surface area contributed by atoms with Gasteiger partial charge in [0.1, 0.15) is 0 Å². The molecule has 1 saturated heterocycles. The normalized spacial score (nSPS) is 17.8. The van der Waals surface area contributed by atoms with E-state index in [2.05, 4.69) is 4.90 Å². The number of nitrogens with zero attached hydrogens (tertiary/aromatic N) is 1. The molecule has 2 rings (SSSR count). The first-order chi connectivity index (χ1) is 7.72. The molecule has 0 unspecified atom stereocenters. The van der Waals surface area contributed by atoms with E-state index in [1.54, 1.807) is 0 Å². The number of hydrogen-bond acceptors (Lipinski definition) is 3. The average Bonchev–Trinajstić information content (AvgIpc) is 2.81. The van der Waals surface area contributed by atoms with Crippen LogP contribution in [0.4, 0.5) is 5.69 Å². The zero-order chi connectivity index (χ0) is 11.5. The quantitative estimate of drug-likeness (QED) is 0.849. The number of nitrogens with two attached hydrogens (primary N) is 1. The van der Waals surface area contributed by atoms with Crippen LogP contribution in [0.2, 0.25) is 5.02 Å². The summed E-state index contributed by atoms with van der Waals surface area (Å²) in [4.78, 5) is 2.29. The highest BCUT2D eigenvalue weighted by atomic mass is 35.5. The molecule has 1 aromatic carbocycles. The van der Waals surface area contributed by atoms with Crippen LogP contribution in [0.15, 0.2) is 18.2 Å². The molecule has 0 spiro atoms. The van der Waals surface area contributed by atoms with Crippen LogP contribution in [0.5, 0.6) is 0 Å². The molecule has 0 aliphatic carbocycles. The Morgan fingerprint density at radius 3 is 2.62 bits per heavy atom. The Balaban J connectivity index is 2.22. The standard InChI is InChI=1S/C12H17ClN2O/c13-10-7-9(11(14)8-16)3-4-12(10)15-5-1-2-6-15/h3-4,7,11,16H,1-2,5-6,8,14H2/t11-/m0/s1. The van der Waals surface area contributed by atoms with E-state index >= 15 is 0 Å². The third-order valence-corrected chi connectivity index (χ3v) is 3.35. The Kier molecular flexibility index (Phi) is 3.69. The molecular weight excluding hydrogens is 224 g/mol. The lowest BCUT2D eigenvalue weighted by Gasteiger charge is -2.20. The first-order valence-corrected chi connectivity index (χ1v) is 6.01. The van der Waals surface area contributed by atoms with Crippen molar-refractivity contribution >= 4 is 17.3 Å². The Morgan fingerprint density at radius 1 is 1.38 bits per heavy atom. The van der Waals surface area contributed by atoms with Gasteiger partial charge in [-0.05, 0) is 30.5 Å². The predicted molar refractivity (Wildman–Crippen MR) is 66.9 cm³/mol. The largest absolute Gasteiger partial charge is 0.394 e. The van der Waals surface area contributed by atoms with E-state index in [9.17, 15) is 0 Å². The minimum atomic E-state index is -0.342. The van der Waals surface area contributed by atoms with Crippen molar-refractivity contribution in [2.45, 2.75) is 18.9 Å². The van der Waals surface area contributed by atoms with E-state index in [0.29, 0.717) is 0 Å². The van der Waals surface area contributed by atoms with Crippen molar-refractivity contribution in [1.29, 1.82) is 0 Å². The number of anilines is 1. The topological polar surface area (TPSA) is 49.5 Å². The van der Waals surface area contributed by atoms with Crippen molar-refractivity contribution in [3.8, 4) is 0 Å². The van der Waals surface area contributed by atoms with Crippen molar-refractivity contribution in [1.82, 2.24) is 0 Å². The molecule has 1 aliphatic heterocycles. The van der Waals surface area contributed by atoms with E-state index in [1.165, 1.54) is 12.8 Å². The van der Waals surface area contributed by atoms with Crippen LogP contribution in [-0.4, -0.2) is 24.8 Å². The molecule has 0 amide bonds. The average molecular weight is 241 g/mol. The molecule has 0 aromatic heterocycles. The van der Waals surface area contributed by atoms with Crippen LogP contribution < -0.4 is 10.6 Å². The minimum Gasteiger partial charge on any atom is -0.394 e. The molecular formula is C12H17ClN2O. The maximum atomic E-state index is 8.98. The van der Waals surface area contributed by atoms with Crippen molar-refractivity contribution in [3.63, 3.8) is 0 Å². The van der Waals surface area contributed by atoms with Gasteiger partial charge in [0.2, 0.25) is 0 Å². The van der Waals surface area contributed by atoms with Gasteiger partial charge < -0.3 is 15.7 Å². The summed E-state index contributed by atoms with van der Waals surface area (Å²) < 4.78 is 0. The smallest absolute Gasteiger partial charge is 0.0642 e. The fraction of sp³-hybridized carbons (Fsp3) is 0.500. The molecule has 16 heavy (non-hydrogen) atoms. The van der Waals surface area contributed by atoms with Crippen LogP contribution in [0.3, 0.4) is 0 Å². The van der Waals surface area contributed by atoms with Crippen LogP contribution >= 0.6 is 11.6 Å². The van der Waals surface area contributed by atoms with Gasteiger partial charge in [-0.3, -0.25) is 0 Å². The van der Waals surface area contributed by atoms with Gasteiger partial charge in [0, 0.05) is 13.1 Å². The second kappa shape index (κ2) is 5.04. The predicted octanol–water partition coefficient (Wildman–Crippen LogP) is 1.93. The molecule has 1 aliphatic rings. The first kappa shape index (κ1) is 11.7. The molecule has 4 heteroatoms. The highest BCUT2D eigenvalue weighted by Crippen LogP contribution is 2.30. The third-order valence-electron chi connectivity index (χ3n) is 3.04. The molecule has 1 heterocycles. The van der Waals surface area contributed by atoms with E-state index in [-0.39, 0.29) is 12.6 Å². The van der Waals surface area contributed by atoms with E-state index in [1.807, 2.05) is 18.2 Å². The molecule has 0 saturated carbocycles. The van der Waals surface area contributed by atoms with Crippen molar-refractivity contribution in [3.05, 3.63) is 28.8 Å². The van der Waals surface area contributed by atoms with Gasteiger partial charge in [0.05, 0.1) is 23.4 Å². The van der Waals surface area contributed by atoms with Crippen LogP contribution in [-0.2, 0) is 0 Å². The number of aliphatic hydroxyl groups is 1. The van der Waals surface area contributed by atoms with Crippen LogP contribution in [0, 0.1) is 0 Å². The highest BCUT2D eigenvalue weighted by molar-refractivity contribution is 6.33. The maximum Gasteiger partial charge on any atom is 0.0642 e. The summed E-state index contributed by atoms with van der Waals surface area (Å²) in [6.45, 7) is 2.09. The van der Waals surface area contributed by atoms with Gasteiger partial charge in [-0.25, -0.2) is 0 Å². The van der Waals surface area contributed by atoms with Crippen LogP contribution in [0.1, 0.15) is 24.4 Å². The Bertz CT molecular complexity index is 364.